The Balaban J connectivity index is 2.07. The van der Waals surface area contributed by atoms with Gasteiger partial charge in [-0.25, -0.2) is 9.97 Å². The van der Waals surface area contributed by atoms with Crippen molar-refractivity contribution < 1.29 is 0 Å². The smallest absolute Gasteiger partial charge is 0.146 e. The van der Waals surface area contributed by atoms with E-state index >= 15 is 0 Å². The van der Waals surface area contributed by atoms with Crippen LogP contribution in [0.25, 0.3) is 0 Å². The van der Waals surface area contributed by atoms with E-state index in [0.717, 1.165) is 10.0 Å². The molecule has 0 bridgehead atoms. The molecule has 0 fully saturated rings. The number of hydrogen-bond donors (Lipinski definition) is 2. The summed E-state index contributed by atoms with van der Waals surface area (Å²) in [4.78, 5) is 7.99. The summed E-state index contributed by atoms with van der Waals surface area (Å²) in [6, 6.07) is 8.08. The van der Waals surface area contributed by atoms with E-state index in [1.165, 1.54) is 6.33 Å². The van der Waals surface area contributed by atoms with Gasteiger partial charge in [0.1, 0.15) is 22.4 Å². The number of nitrogens with two attached hydrogens (primary N) is 1. The molecule has 0 unspecified atom stereocenters. The SMILES string of the molecule is Nc1ncnc(NCc2ccc(Br)cc2)c1Br. The van der Waals surface area contributed by atoms with Crippen molar-refractivity contribution in [3.05, 3.63) is 45.1 Å². The molecule has 17 heavy (non-hydrogen) atoms. The van der Waals surface area contributed by atoms with Crippen LogP contribution in [0.3, 0.4) is 0 Å². The molecule has 2 rings (SSSR count). The number of halogens is 2. The lowest BCUT2D eigenvalue weighted by Gasteiger charge is -2.08. The molecule has 0 amide bonds. The quantitative estimate of drug-likeness (QED) is 0.885. The first-order valence-corrected chi connectivity index (χ1v) is 6.49. The fraction of sp³-hybridized carbons (Fsp3) is 0.0909. The largest absolute Gasteiger partial charge is 0.383 e. The minimum Gasteiger partial charge on any atom is -0.383 e. The third-order valence-electron chi connectivity index (χ3n) is 2.19. The van der Waals surface area contributed by atoms with Crippen molar-refractivity contribution in [3.63, 3.8) is 0 Å². The molecule has 0 radical (unpaired) electrons. The molecule has 0 saturated heterocycles. The van der Waals surface area contributed by atoms with Crippen LogP contribution < -0.4 is 11.1 Å². The van der Waals surface area contributed by atoms with Gasteiger partial charge in [0.2, 0.25) is 0 Å². The van der Waals surface area contributed by atoms with Gasteiger partial charge in [0.25, 0.3) is 0 Å². The van der Waals surface area contributed by atoms with Crippen LogP contribution in [0.4, 0.5) is 11.6 Å². The summed E-state index contributed by atoms with van der Waals surface area (Å²) in [6.45, 7) is 0.683. The Kier molecular flexibility index (Phi) is 3.96. The summed E-state index contributed by atoms with van der Waals surface area (Å²) >= 11 is 6.74. The number of nitrogens with one attached hydrogen (secondary N) is 1. The first kappa shape index (κ1) is 12.3. The molecule has 88 valence electrons. The van der Waals surface area contributed by atoms with Crippen molar-refractivity contribution >= 4 is 43.5 Å². The highest BCUT2D eigenvalue weighted by Crippen LogP contribution is 2.24. The van der Waals surface area contributed by atoms with Crippen LogP contribution in [0, 0.1) is 0 Å². The van der Waals surface area contributed by atoms with Gasteiger partial charge in [-0.15, -0.1) is 0 Å². The average molecular weight is 358 g/mol. The first-order valence-electron chi connectivity index (χ1n) is 4.91. The van der Waals surface area contributed by atoms with E-state index in [1.807, 2.05) is 24.3 Å². The third kappa shape index (κ3) is 3.17. The lowest BCUT2D eigenvalue weighted by Crippen LogP contribution is -2.04. The van der Waals surface area contributed by atoms with Crippen molar-refractivity contribution in [2.24, 2.45) is 0 Å². The summed E-state index contributed by atoms with van der Waals surface area (Å²) in [5.41, 5.74) is 6.83. The second-order valence-electron chi connectivity index (χ2n) is 3.40. The Morgan fingerprint density at radius 1 is 1.12 bits per heavy atom. The van der Waals surface area contributed by atoms with Gasteiger partial charge in [0, 0.05) is 11.0 Å². The molecule has 0 saturated carbocycles. The molecule has 0 aliphatic heterocycles. The standard InChI is InChI=1S/C11H10Br2N4/c12-8-3-1-7(2-4-8)5-15-11-9(13)10(14)16-6-17-11/h1-4,6H,5H2,(H3,14,15,16,17). The topological polar surface area (TPSA) is 63.8 Å². The number of anilines is 2. The van der Waals surface area contributed by atoms with Crippen molar-refractivity contribution in [3.8, 4) is 0 Å². The fourth-order valence-electron chi connectivity index (χ4n) is 1.29. The molecule has 4 nitrogen and oxygen atoms in total. The van der Waals surface area contributed by atoms with E-state index < -0.39 is 0 Å². The summed E-state index contributed by atoms with van der Waals surface area (Å²) in [6.07, 6.45) is 1.43. The molecule has 2 aromatic rings. The Bertz CT molecular complexity index is 513. The van der Waals surface area contributed by atoms with Crippen LogP contribution >= 0.6 is 31.9 Å². The van der Waals surface area contributed by atoms with Gasteiger partial charge < -0.3 is 11.1 Å². The molecule has 3 N–H and O–H groups in total. The Labute approximate surface area is 116 Å². The van der Waals surface area contributed by atoms with Crippen molar-refractivity contribution in [2.75, 3.05) is 11.1 Å². The lowest BCUT2D eigenvalue weighted by molar-refractivity contribution is 1.07. The third-order valence-corrected chi connectivity index (χ3v) is 3.50. The second-order valence-corrected chi connectivity index (χ2v) is 5.11. The fourth-order valence-corrected chi connectivity index (χ4v) is 1.90. The van der Waals surface area contributed by atoms with Gasteiger partial charge >= 0.3 is 0 Å². The van der Waals surface area contributed by atoms with Crippen molar-refractivity contribution in [1.82, 2.24) is 9.97 Å². The van der Waals surface area contributed by atoms with Crippen molar-refractivity contribution in [1.29, 1.82) is 0 Å². The van der Waals surface area contributed by atoms with Crippen LogP contribution in [-0.4, -0.2) is 9.97 Å². The van der Waals surface area contributed by atoms with E-state index in [9.17, 15) is 0 Å². The van der Waals surface area contributed by atoms with E-state index in [0.29, 0.717) is 22.7 Å². The summed E-state index contributed by atoms with van der Waals surface area (Å²) in [7, 11) is 0. The Hall–Kier alpha value is -1.14. The molecule has 1 aromatic heterocycles. The van der Waals surface area contributed by atoms with Gasteiger partial charge in [0.15, 0.2) is 0 Å². The number of nitrogen functional groups attached to an aromatic ring is 1. The Morgan fingerprint density at radius 3 is 2.53 bits per heavy atom. The minimum absolute atomic E-state index is 0.429. The number of aromatic nitrogens is 2. The average Bonchev–Trinajstić information content (AvgIpc) is 2.33. The summed E-state index contributed by atoms with van der Waals surface area (Å²) in [5.74, 6) is 1.12. The van der Waals surface area contributed by atoms with Gasteiger partial charge in [-0.1, -0.05) is 28.1 Å². The monoisotopic (exact) mass is 356 g/mol. The zero-order valence-electron chi connectivity index (χ0n) is 8.82. The van der Waals surface area contributed by atoms with Gasteiger partial charge in [0.05, 0.1) is 0 Å². The molecule has 0 aliphatic rings. The predicted octanol–water partition coefficient (Wildman–Crippen LogP) is 3.20. The van der Waals surface area contributed by atoms with Gasteiger partial charge in [-0.3, -0.25) is 0 Å². The number of rotatable bonds is 3. The molecule has 1 heterocycles. The van der Waals surface area contributed by atoms with E-state index in [2.05, 4.69) is 47.1 Å². The molecule has 0 spiro atoms. The summed E-state index contributed by atoms with van der Waals surface area (Å²) in [5, 5.41) is 3.20. The second kappa shape index (κ2) is 5.46. The number of hydrogen-bond acceptors (Lipinski definition) is 4. The minimum atomic E-state index is 0.429. The van der Waals surface area contributed by atoms with Crippen LogP contribution in [-0.2, 0) is 6.54 Å². The Morgan fingerprint density at radius 2 is 1.82 bits per heavy atom. The molecular weight excluding hydrogens is 348 g/mol. The highest BCUT2D eigenvalue weighted by Gasteiger charge is 2.04. The molecular formula is C11H10Br2N4. The van der Waals surface area contributed by atoms with E-state index in [-0.39, 0.29) is 0 Å². The van der Waals surface area contributed by atoms with E-state index in [4.69, 9.17) is 5.73 Å². The normalized spacial score (nSPS) is 10.2. The van der Waals surface area contributed by atoms with E-state index in [1.54, 1.807) is 0 Å². The van der Waals surface area contributed by atoms with Crippen LogP contribution in [0.5, 0.6) is 0 Å². The van der Waals surface area contributed by atoms with Crippen molar-refractivity contribution in [2.45, 2.75) is 6.54 Å². The molecule has 0 atom stereocenters. The summed E-state index contributed by atoms with van der Waals surface area (Å²) < 4.78 is 1.76. The number of nitrogens with zero attached hydrogens (tertiary/aromatic N) is 2. The highest BCUT2D eigenvalue weighted by molar-refractivity contribution is 9.11. The van der Waals surface area contributed by atoms with Gasteiger partial charge in [-0.2, -0.15) is 0 Å². The first-order chi connectivity index (χ1) is 8.16. The maximum absolute atomic E-state index is 5.67. The van der Waals surface area contributed by atoms with Gasteiger partial charge in [-0.05, 0) is 33.6 Å². The predicted molar refractivity (Wildman–Crippen MR) is 75.6 cm³/mol. The van der Waals surface area contributed by atoms with Crippen LogP contribution in [0.2, 0.25) is 0 Å². The lowest BCUT2D eigenvalue weighted by atomic mass is 10.2. The maximum Gasteiger partial charge on any atom is 0.146 e. The maximum atomic E-state index is 5.67. The zero-order valence-corrected chi connectivity index (χ0v) is 12.0. The highest BCUT2D eigenvalue weighted by atomic mass is 79.9. The number of benzene rings is 1. The zero-order chi connectivity index (χ0) is 12.3. The molecule has 6 heteroatoms. The molecule has 0 aliphatic carbocycles. The van der Waals surface area contributed by atoms with Crippen LogP contribution in [0.15, 0.2) is 39.5 Å². The van der Waals surface area contributed by atoms with Crippen LogP contribution in [0.1, 0.15) is 5.56 Å². The molecule has 1 aromatic carbocycles.